The third-order valence-corrected chi connectivity index (χ3v) is 6.38. The molecule has 0 aromatic carbocycles. The van der Waals surface area contributed by atoms with Gasteiger partial charge in [-0.3, -0.25) is 4.79 Å². The molecule has 4 rings (SSSR count). The van der Waals surface area contributed by atoms with Crippen LogP contribution in [0.2, 0.25) is 0 Å². The van der Waals surface area contributed by atoms with Gasteiger partial charge < -0.3 is 19.1 Å². The van der Waals surface area contributed by atoms with Crippen LogP contribution >= 0.6 is 0 Å². The van der Waals surface area contributed by atoms with E-state index in [4.69, 9.17) is 9.26 Å². The molecule has 26 heavy (non-hydrogen) atoms. The first-order chi connectivity index (χ1) is 12.6. The van der Waals surface area contributed by atoms with Crippen molar-refractivity contribution in [2.24, 2.45) is 11.8 Å². The zero-order chi connectivity index (χ0) is 18.1. The molecule has 1 aliphatic carbocycles. The van der Waals surface area contributed by atoms with Crippen molar-refractivity contribution in [3.63, 3.8) is 0 Å². The van der Waals surface area contributed by atoms with E-state index in [9.17, 15) is 4.79 Å². The van der Waals surface area contributed by atoms with Crippen molar-refractivity contribution in [2.45, 2.75) is 64.5 Å². The first-order valence-corrected chi connectivity index (χ1v) is 10.1. The van der Waals surface area contributed by atoms with Gasteiger partial charge in [0.25, 0.3) is 0 Å². The molecule has 144 valence electrons. The lowest BCUT2D eigenvalue weighted by Crippen LogP contribution is -2.46. The number of nitrogens with zero attached hydrogens (tertiary/aromatic N) is 4. The first-order valence-electron chi connectivity index (χ1n) is 10.1. The van der Waals surface area contributed by atoms with Crippen LogP contribution in [-0.4, -0.2) is 59.3 Å². The molecule has 2 saturated heterocycles. The number of ether oxygens (including phenoxy) is 1. The van der Waals surface area contributed by atoms with E-state index in [1.807, 2.05) is 13.8 Å². The van der Waals surface area contributed by atoms with Crippen molar-refractivity contribution in [3.8, 4) is 0 Å². The number of fused-ring (bicyclic) bond motifs is 2. The minimum Gasteiger partial charge on any atom is -0.466 e. The summed E-state index contributed by atoms with van der Waals surface area (Å²) in [5.41, 5.74) is 0. The summed E-state index contributed by atoms with van der Waals surface area (Å²) < 4.78 is 10.6. The molecule has 2 aliphatic heterocycles. The minimum atomic E-state index is -0.00925. The first kappa shape index (κ1) is 17.8. The number of hydrogen-bond donors (Lipinski definition) is 0. The SMILES string of the molecule is CCOC(=O)C1CCN(C2CCC3CC(C2)N(c2nc(C)no2)C3)CC1. The molecule has 1 aromatic heterocycles. The van der Waals surface area contributed by atoms with E-state index in [0.29, 0.717) is 30.5 Å². The van der Waals surface area contributed by atoms with E-state index >= 15 is 0 Å². The zero-order valence-corrected chi connectivity index (χ0v) is 15.9. The van der Waals surface area contributed by atoms with Crippen molar-refractivity contribution in [1.29, 1.82) is 0 Å². The predicted octanol–water partition coefficient (Wildman–Crippen LogP) is 2.40. The lowest BCUT2D eigenvalue weighted by molar-refractivity contribution is -0.149. The van der Waals surface area contributed by atoms with Gasteiger partial charge in [-0.2, -0.15) is 4.98 Å². The van der Waals surface area contributed by atoms with Gasteiger partial charge in [-0.25, -0.2) is 0 Å². The Hall–Kier alpha value is -1.63. The van der Waals surface area contributed by atoms with Crippen molar-refractivity contribution in [3.05, 3.63) is 5.82 Å². The van der Waals surface area contributed by atoms with Gasteiger partial charge in [0, 0.05) is 18.6 Å². The fourth-order valence-electron chi connectivity index (χ4n) is 5.04. The molecule has 1 aromatic rings. The highest BCUT2D eigenvalue weighted by Crippen LogP contribution is 2.38. The molecule has 3 heterocycles. The summed E-state index contributed by atoms with van der Waals surface area (Å²) in [5.74, 6) is 1.52. The lowest BCUT2D eigenvalue weighted by Gasteiger charge is -2.39. The van der Waals surface area contributed by atoms with Gasteiger partial charge >= 0.3 is 12.0 Å². The Kier molecular flexibility index (Phi) is 5.16. The third-order valence-electron chi connectivity index (χ3n) is 6.38. The van der Waals surface area contributed by atoms with Gasteiger partial charge in [-0.05, 0) is 71.4 Å². The number of carbonyl (C=O) groups excluding carboxylic acids is 1. The van der Waals surface area contributed by atoms with E-state index in [1.54, 1.807) is 0 Å². The second-order valence-electron chi connectivity index (χ2n) is 8.06. The molecule has 0 spiro atoms. The molecular formula is C19H30N4O3. The van der Waals surface area contributed by atoms with E-state index in [2.05, 4.69) is 19.9 Å². The number of esters is 1. The quantitative estimate of drug-likeness (QED) is 0.762. The van der Waals surface area contributed by atoms with Crippen molar-refractivity contribution >= 4 is 12.0 Å². The molecule has 3 unspecified atom stereocenters. The average Bonchev–Trinajstić information content (AvgIpc) is 3.17. The predicted molar refractivity (Wildman–Crippen MR) is 96.8 cm³/mol. The average molecular weight is 362 g/mol. The fourth-order valence-corrected chi connectivity index (χ4v) is 5.04. The smallest absolute Gasteiger partial charge is 0.324 e. The molecular weight excluding hydrogens is 332 g/mol. The van der Waals surface area contributed by atoms with Gasteiger partial charge in [-0.1, -0.05) is 5.16 Å². The zero-order valence-electron chi connectivity index (χ0n) is 15.9. The maximum Gasteiger partial charge on any atom is 0.324 e. The van der Waals surface area contributed by atoms with Gasteiger partial charge in [0.15, 0.2) is 5.82 Å². The molecule has 0 radical (unpaired) electrons. The number of aryl methyl sites for hydroxylation is 1. The Bertz CT molecular complexity index is 626. The van der Waals surface area contributed by atoms with Gasteiger partial charge in [0.1, 0.15) is 0 Å². The van der Waals surface area contributed by atoms with Crippen LogP contribution in [0.15, 0.2) is 4.52 Å². The van der Waals surface area contributed by atoms with Crippen LogP contribution in [0, 0.1) is 18.8 Å². The second kappa shape index (κ2) is 7.55. The van der Waals surface area contributed by atoms with Crippen LogP contribution in [-0.2, 0) is 9.53 Å². The number of aromatic nitrogens is 2. The number of anilines is 1. The summed E-state index contributed by atoms with van der Waals surface area (Å²) in [7, 11) is 0. The van der Waals surface area contributed by atoms with Crippen LogP contribution in [0.5, 0.6) is 0 Å². The number of piperidine rings is 1. The molecule has 2 bridgehead atoms. The molecule has 1 saturated carbocycles. The van der Waals surface area contributed by atoms with Crippen LogP contribution in [0.3, 0.4) is 0 Å². The highest BCUT2D eigenvalue weighted by molar-refractivity contribution is 5.72. The largest absolute Gasteiger partial charge is 0.466 e. The van der Waals surface area contributed by atoms with Gasteiger partial charge in [0.2, 0.25) is 0 Å². The molecule has 7 nitrogen and oxygen atoms in total. The Morgan fingerprint density at radius 1 is 1.19 bits per heavy atom. The Morgan fingerprint density at radius 3 is 2.69 bits per heavy atom. The summed E-state index contributed by atoms with van der Waals surface area (Å²) >= 11 is 0. The number of carbonyl (C=O) groups is 1. The maximum absolute atomic E-state index is 12.0. The lowest BCUT2D eigenvalue weighted by atomic mass is 9.93. The summed E-state index contributed by atoms with van der Waals surface area (Å²) in [6.07, 6.45) is 6.77. The van der Waals surface area contributed by atoms with E-state index < -0.39 is 0 Å². The molecule has 7 heteroatoms. The van der Waals surface area contributed by atoms with E-state index in [0.717, 1.165) is 44.8 Å². The van der Waals surface area contributed by atoms with Crippen LogP contribution in [0.25, 0.3) is 0 Å². The van der Waals surface area contributed by atoms with Crippen molar-refractivity contribution in [2.75, 3.05) is 31.1 Å². The normalized spacial score (nSPS) is 30.4. The van der Waals surface area contributed by atoms with Crippen LogP contribution in [0.1, 0.15) is 51.3 Å². The molecule has 3 aliphatic rings. The van der Waals surface area contributed by atoms with Crippen molar-refractivity contribution < 1.29 is 14.1 Å². The van der Waals surface area contributed by atoms with Crippen molar-refractivity contribution in [1.82, 2.24) is 15.0 Å². The molecule has 0 N–H and O–H groups in total. The highest BCUT2D eigenvalue weighted by atomic mass is 16.5. The Labute approximate surface area is 155 Å². The monoisotopic (exact) mass is 362 g/mol. The summed E-state index contributed by atoms with van der Waals surface area (Å²) in [4.78, 5) is 21.4. The maximum atomic E-state index is 12.0. The highest BCUT2D eigenvalue weighted by Gasteiger charge is 2.41. The van der Waals surface area contributed by atoms with E-state index in [-0.39, 0.29) is 11.9 Å². The number of rotatable bonds is 4. The van der Waals surface area contributed by atoms with E-state index in [1.165, 1.54) is 19.3 Å². The standard InChI is InChI=1S/C19H30N4O3/c1-3-25-18(24)15-6-8-22(9-7-15)16-5-4-14-10-17(11-16)23(12-14)19-20-13(2)21-26-19/h14-17H,3-12H2,1-2H3. The summed E-state index contributed by atoms with van der Waals surface area (Å²) in [6, 6.07) is 1.78. The molecule has 3 atom stereocenters. The minimum absolute atomic E-state index is 0.00925. The summed E-state index contributed by atoms with van der Waals surface area (Å²) in [5, 5.41) is 3.97. The molecule has 3 fully saturated rings. The van der Waals surface area contributed by atoms with Gasteiger partial charge in [0.05, 0.1) is 12.5 Å². The fraction of sp³-hybridized carbons (Fsp3) is 0.842. The number of likely N-dealkylation sites (tertiary alicyclic amines) is 1. The van der Waals surface area contributed by atoms with Gasteiger partial charge in [-0.15, -0.1) is 0 Å². The van der Waals surface area contributed by atoms with Crippen LogP contribution in [0.4, 0.5) is 6.01 Å². The number of hydrogen-bond acceptors (Lipinski definition) is 7. The Balaban J connectivity index is 1.36. The second-order valence-corrected chi connectivity index (χ2v) is 8.06. The van der Waals surface area contributed by atoms with Crippen LogP contribution < -0.4 is 4.90 Å². The topological polar surface area (TPSA) is 71.7 Å². The molecule has 0 amide bonds. The third kappa shape index (κ3) is 3.59. The Morgan fingerprint density at radius 2 is 2.00 bits per heavy atom. The summed E-state index contributed by atoms with van der Waals surface area (Å²) in [6.45, 7) is 7.29.